The van der Waals surface area contributed by atoms with E-state index in [1.165, 1.54) is 10.8 Å². The minimum atomic E-state index is -4.52. The van der Waals surface area contributed by atoms with Gasteiger partial charge >= 0.3 is 12.1 Å². The molecule has 0 saturated carbocycles. The quantitative estimate of drug-likeness (QED) is 0.682. The van der Waals surface area contributed by atoms with Gasteiger partial charge in [0.05, 0.1) is 0 Å². The molecular weight excluding hydrogens is 411 g/mol. The predicted molar refractivity (Wildman–Crippen MR) is 106 cm³/mol. The van der Waals surface area contributed by atoms with Crippen LogP contribution in [0.2, 0.25) is 0 Å². The van der Waals surface area contributed by atoms with Crippen LogP contribution in [0.25, 0.3) is 0 Å². The van der Waals surface area contributed by atoms with Gasteiger partial charge in [0.15, 0.2) is 0 Å². The van der Waals surface area contributed by atoms with Crippen LogP contribution in [0.15, 0.2) is 35.2 Å². The number of carboxylic acids is 1. The van der Waals surface area contributed by atoms with Crippen molar-refractivity contribution in [1.29, 1.82) is 0 Å². The highest BCUT2D eigenvalue weighted by atomic mass is 33.2. The maximum atomic E-state index is 14.3. The number of benzene rings is 1. The van der Waals surface area contributed by atoms with E-state index in [9.17, 15) is 27.9 Å². The Morgan fingerprint density at radius 3 is 2.50 bits per heavy atom. The zero-order chi connectivity index (χ0) is 20.4. The minimum absolute atomic E-state index is 0.210. The van der Waals surface area contributed by atoms with Gasteiger partial charge in [0.1, 0.15) is 11.3 Å². The zero-order valence-corrected chi connectivity index (χ0v) is 17.0. The Bertz CT molecular complexity index is 708. The zero-order valence-electron chi connectivity index (χ0n) is 15.4. The summed E-state index contributed by atoms with van der Waals surface area (Å²) in [6.07, 6.45) is -2.82. The highest BCUT2D eigenvalue weighted by Crippen LogP contribution is 2.74. The number of rotatable bonds is 5. The van der Waals surface area contributed by atoms with Gasteiger partial charge in [-0.2, -0.15) is 22.2 Å². The predicted octanol–water partition coefficient (Wildman–Crippen LogP) is 4.69. The molecule has 2 saturated heterocycles. The van der Waals surface area contributed by atoms with Crippen LogP contribution in [0.4, 0.5) is 13.2 Å². The number of amides is 1. The summed E-state index contributed by atoms with van der Waals surface area (Å²) in [5.74, 6) is -0.763. The second-order valence-electron chi connectivity index (χ2n) is 7.09. The second kappa shape index (κ2) is 8.57. The number of aliphatic carboxylic acids is 1. The first kappa shape index (κ1) is 21.4. The van der Waals surface area contributed by atoms with E-state index in [0.717, 1.165) is 11.3 Å². The Morgan fingerprint density at radius 1 is 1.21 bits per heavy atom. The number of carbonyl (C=O) groups excluding carboxylic acids is 1. The Labute approximate surface area is 167 Å². The fourth-order valence-electron chi connectivity index (χ4n) is 3.97. The van der Waals surface area contributed by atoms with Crippen LogP contribution in [0.1, 0.15) is 32.1 Å². The van der Waals surface area contributed by atoms with E-state index >= 15 is 0 Å². The molecule has 28 heavy (non-hydrogen) atoms. The maximum absolute atomic E-state index is 14.3. The molecule has 2 unspecified atom stereocenters. The van der Waals surface area contributed by atoms with Crippen molar-refractivity contribution >= 4 is 31.7 Å². The van der Waals surface area contributed by atoms with Crippen molar-refractivity contribution in [3.05, 3.63) is 30.3 Å². The van der Waals surface area contributed by atoms with Gasteiger partial charge in [0.25, 0.3) is 0 Å². The highest BCUT2D eigenvalue weighted by Gasteiger charge is 2.53. The molecule has 156 valence electrons. The number of likely N-dealkylation sites (tertiary alicyclic amines) is 1. The van der Waals surface area contributed by atoms with Crippen LogP contribution in [0, 0.1) is 0 Å². The van der Waals surface area contributed by atoms with E-state index < -0.39 is 44.8 Å². The largest absolute Gasteiger partial charge is 0.480 e. The lowest BCUT2D eigenvalue weighted by atomic mass is 10.2. The number of nitrogens with zero attached hydrogens (tertiary/aromatic N) is 1. The fraction of sp³-hybridized carbons (Fsp3) is 0.579. The fourth-order valence-corrected chi connectivity index (χ4v) is 11.7. The lowest BCUT2D eigenvalue weighted by Crippen LogP contribution is -2.45. The lowest BCUT2D eigenvalue weighted by Gasteiger charge is -2.49. The van der Waals surface area contributed by atoms with Crippen LogP contribution in [0.5, 0.6) is 0 Å². The van der Waals surface area contributed by atoms with E-state index in [1.807, 2.05) is 0 Å². The summed E-state index contributed by atoms with van der Waals surface area (Å²) < 4.78 is 42.8. The summed E-state index contributed by atoms with van der Waals surface area (Å²) in [6, 6.07) is 7.74. The lowest BCUT2D eigenvalue weighted by molar-refractivity contribution is -0.152. The van der Waals surface area contributed by atoms with Crippen molar-refractivity contribution in [3.8, 4) is 0 Å². The number of halogens is 3. The van der Waals surface area contributed by atoms with Gasteiger partial charge in [-0.25, -0.2) is 4.79 Å². The van der Waals surface area contributed by atoms with Crippen LogP contribution >= 0.6 is 19.9 Å². The highest BCUT2D eigenvalue weighted by molar-refractivity contribution is 8.94. The number of alkyl halides is 3. The van der Waals surface area contributed by atoms with Gasteiger partial charge in [-0.15, -0.1) is 10.8 Å². The summed E-state index contributed by atoms with van der Waals surface area (Å²) in [4.78, 5) is 26.0. The molecule has 1 amide bonds. The van der Waals surface area contributed by atoms with Gasteiger partial charge in [0, 0.05) is 18.7 Å². The molecule has 2 aliphatic rings. The molecule has 0 spiro atoms. The van der Waals surface area contributed by atoms with Crippen molar-refractivity contribution in [2.24, 2.45) is 0 Å². The topological polar surface area (TPSA) is 57.6 Å². The molecule has 3 atom stereocenters. The molecule has 3 rings (SSSR count). The Balaban J connectivity index is 1.94. The van der Waals surface area contributed by atoms with Gasteiger partial charge in [-0.3, -0.25) is 4.79 Å². The first-order valence-corrected chi connectivity index (χ1v) is 12.7. The summed E-state index contributed by atoms with van der Waals surface area (Å²) in [5.41, 5.74) is 0. The summed E-state index contributed by atoms with van der Waals surface area (Å²) in [7, 11) is -0.974. The molecule has 1 aromatic rings. The molecule has 2 heterocycles. The van der Waals surface area contributed by atoms with Crippen LogP contribution in [-0.2, 0) is 9.59 Å². The molecule has 2 fully saturated rings. The monoisotopic (exact) mass is 435 g/mol. The second-order valence-corrected chi connectivity index (χ2v) is 13.1. The molecule has 0 radical (unpaired) electrons. The van der Waals surface area contributed by atoms with E-state index in [4.69, 9.17) is 0 Å². The number of hydrogen-bond donors (Lipinski definition) is 1. The molecule has 2 aliphatic heterocycles. The van der Waals surface area contributed by atoms with Crippen molar-refractivity contribution in [1.82, 2.24) is 4.90 Å². The van der Waals surface area contributed by atoms with Gasteiger partial charge < -0.3 is 10.0 Å². The smallest absolute Gasteiger partial charge is 0.400 e. The van der Waals surface area contributed by atoms with Crippen LogP contribution in [-0.4, -0.2) is 57.4 Å². The SMILES string of the molecule is O=C(O)[C@@H]1CCCN1C(=O)CC(C(F)(F)F)S1(c2ccccc2)CCCCS1. The van der Waals surface area contributed by atoms with Gasteiger partial charge in [-0.1, -0.05) is 18.2 Å². The van der Waals surface area contributed by atoms with Crippen molar-refractivity contribution in [2.45, 2.75) is 54.5 Å². The van der Waals surface area contributed by atoms with Crippen molar-refractivity contribution < 1.29 is 27.9 Å². The average molecular weight is 436 g/mol. The molecule has 1 N–H and O–H groups in total. The third-order valence-corrected chi connectivity index (χ3v) is 13.1. The molecule has 0 aromatic heterocycles. The van der Waals surface area contributed by atoms with Crippen LogP contribution in [0.3, 0.4) is 0 Å². The Hall–Kier alpha value is -1.35. The van der Waals surface area contributed by atoms with E-state index in [1.54, 1.807) is 30.3 Å². The summed E-state index contributed by atoms with van der Waals surface area (Å²) in [5, 5.41) is 7.52. The van der Waals surface area contributed by atoms with E-state index in [2.05, 4.69) is 0 Å². The summed E-state index contributed by atoms with van der Waals surface area (Å²) >= 11 is 0. The average Bonchev–Trinajstić information content (AvgIpc) is 3.16. The molecule has 1 aromatic carbocycles. The Morgan fingerprint density at radius 2 is 1.93 bits per heavy atom. The molecule has 4 nitrogen and oxygen atoms in total. The van der Waals surface area contributed by atoms with E-state index in [0.29, 0.717) is 35.7 Å². The Kier molecular flexibility index (Phi) is 6.54. The summed E-state index contributed by atoms with van der Waals surface area (Å²) in [6.45, 7) is 0.210. The standard InChI is InChI=1S/C19H24F3NO3S2/c20-19(21,22)16(13-17(24)23-10-6-9-15(23)18(25)26)28(12-5-4-11-27-28)14-7-2-1-3-8-14/h1-3,7-8,15-16H,4-6,9-13H2,(H,25,26)/t15-,16?/m0/s1. The van der Waals surface area contributed by atoms with Crippen molar-refractivity contribution in [3.63, 3.8) is 0 Å². The molecular formula is C19H24F3NO3S2. The maximum Gasteiger partial charge on any atom is 0.400 e. The number of carboxylic acid groups (broad SMARTS) is 1. The molecule has 0 bridgehead atoms. The first-order chi connectivity index (χ1) is 13.3. The molecule has 0 aliphatic carbocycles. The molecule has 9 heteroatoms. The third-order valence-electron chi connectivity index (χ3n) is 5.32. The van der Waals surface area contributed by atoms with Crippen LogP contribution < -0.4 is 0 Å². The van der Waals surface area contributed by atoms with E-state index in [-0.39, 0.29) is 6.54 Å². The minimum Gasteiger partial charge on any atom is -0.480 e. The number of carbonyl (C=O) groups is 2. The normalized spacial score (nSPS) is 29.1. The first-order valence-electron chi connectivity index (χ1n) is 9.34. The van der Waals surface area contributed by atoms with Crippen molar-refractivity contribution in [2.75, 3.05) is 18.1 Å². The van der Waals surface area contributed by atoms with Gasteiger partial charge in [0.2, 0.25) is 5.91 Å². The van der Waals surface area contributed by atoms with Gasteiger partial charge in [-0.05, 0) is 48.5 Å². The third kappa shape index (κ3) is 4.30. The number of hydrogen-bond acceptors (Lipinski definition) is 3.